The summed E-state index contributed by atoms with van der Waals surface area (Å²) < 4.78 is 36.5. The highest BCUT2D eigenvalue weighted by molar-refractivity contribution is 7.80. The second-order valence-electron chi connectivity index (χ2n) is 2.96. The summed E-state index contributed by atoms with van der Waals surface area (Å²) in [5.41, 5.74) is 0. The lowest BCUT2D eigenvalue weighted by atomic mass is 10.4. The van der Waals surface area contributed by atoms with Crippen molar-refractivity contribution in [2.45, 2.75) is 20.8 Å². The highest BCUT2D eigenvalue weighted by atomic mass is 32.3. The molecule has 0 aromatic carbocycles. The van der Waals surface area contributed by atoms with E-state index in [0.717, 1.165) is 0 Å². The highest BCUT2D eigenvalue weighted by Gasteiger charge is 2.10. The van der Waals surface area contributed by atoms with Gasteiger partial charge in [0, 0.05) is 0 Å². The predicted octanol–water partition coefficient (Wildman–Crippen LogP) is 0.909. The summed E-state index contributed by atoms with van der Waals surface area (Å²) in [4.78, 5) is 0. The average molecular weight is 215 g/mol. The van der Waals surface area contributed by atoms with Crippen LogP contribution >= 0.6 is 0 Å². The Morgan fingerprint density at radius 1 is 1.15 bits per heavy atom. The van der Waals surface area contributed by atoms with E-state index in [0.29, 0.717) is 0 Å². The van der Waals surface area contributed by atoms with Crippen molar-refractivity contribution in [1.82, 2.24) is 0 Å². The lowest BCUT2D eigenvalue weighted by molar-refractivity contribution is -0.904. The van der Waals surface area contributed by atoms with E-state index in [2.05, 4.69) is 27.8 Å². The molecular weight excluding hydrogens is 197 g/mol. The molecule has 0 aliphatic heterocycles. The molecule has 0 aromatic rings. The average Bonchev–Trinajstić information content (AvgIpc) is 2.00. The number of quaternary nitrogens is 1. The van der Waals surface area contributed by atoms with Gasteiger partial charge < -0.3 is 9.04 Å². The summed E-state index contributed by atoms with van der Waals surface area (Å²) in [5.74, 6) is 0. The molecule has 0 saturated heterocycles. The predicted molar refractivity (Wildman–Crippen MR) is 48.6 cm³/mol. The van der Waals surface area contributed by atoms with Crippen molar-refractivity contribution in [2.75, 3.05) is 26.7 Å². The van der Waals surface area contributed by atoms with Gasteiger partial charge in [0.2, 0.25) is 0 Å². The van der Waals surface area contributed by atoms with Gasteiger partial charge in [0.15, 0.2) is 0 Å². The maximum Gasteiger partial charge on any atom is 0.255 e. The molecule has 0 atom stereocenters. The molecule has 0 heterocycles. The standard InChI is InChI=1S/C7H18N.FHO3S/c1-5-8(4,6-2)7-3;1-5(2,3)4/h5-7H2,1-4H3;(H,2,3,4)/q+1;/p-1. The Balaban J connectivity index is 0. The van der Waals surface area contributed by atoms with Crippen molar-refractivity contribution < 1.29 is 21.3 Å². The monoisotopic (exact) mass is 215 g/mol. The van der Waals surface area contributed by atoms with Gasteiger partial charge in [0.1, 0.15) is 0 Å². The molecule has 0 amide bonds. The fraction of sp³-hybridized carbons (Fsp3) is 1.00. The van der Waals surface area contributed by atoms with E-state index in [1.54, 1.807) is 0 Å². The van der Waals surface area contributed by atoms with Gasteiger partial charge in [-0.2, -0.15) is 0 Å². The molecule has 0 aromatic heterocycles. The fourth-order valence-electron chi connectivity index (χ4n) is 0.671. The molecule has 82 valence electrons. The van der Waals surface area contributed by atoms with E-state index in [9.17, 15) is 3.89 Å². The van der Waals surface area contributed by atoms with Crippen molar-refractivity contribution in [1.29, 1.82) is 0 Å². The van der Waals surface area contributed by atoms with Gasteiger partial charge in [0.25, 0.3) is 10.5 Å². The summed E-state index contributed by atoms with van der Waals surface area (Å²) in [6.07, 6.45) is 0. The molecule has 0 rings (SSSR count). The quantitative estimate of drug-likeness (QED) is 0.399. The second kappa shape index (κ2) is 6.28. The molecule has 4 nitrogen and oxygen atoms in total. The van der Waals surface area contributed by atoms with E-state index in [1.165, 1.54) is 24.1 Å². The fourth-order valence-corrected chi connectivity index (χ4v) is 0.671. The van der Waals surface area contributed by atoms with Crippen LogP contribution in [0.1, 0.15) is 20.8 Å². The first kappa shape index (κ1) is 15.3. The van der Waals surface area contributed by atoms with Crippen molar-refractivity contribution in [3.63, 3.8) is 0 Å². The summed E-state index contributed by atoms with van der Waals surface area (Å²) in [7, 11) is -3.12. The number of hydrogen-bond donors (Lipinski definition) is 0. The molecule has 0 saturated carbocycles. The van der Waals surface area contributed by atoms with Crippen molar-refractivity contribution in [3.05, 3.63) is 0 Å². The van der Waals surface area contributed by atoms with Gasteiger partial charge in [-0.25, -0.2) is 8.42 Å². The van der Waals surface area contributed by atoms with Crippen LogP contribution in [-0.4, -0.2) is 44.1 Å². The molecule has 0 bridgehead atoms. The molecule has 0 aliphatic carbocycles. The van der Waals surface area contributed by atoms with Crippen LogP contribution in [0, 0.1) is 0 Å². The minimum Gasteiger partial charge on any atom is -0.722 e. The number of rotatable bonds is 3. The Hall–Kier alpha value is -0.200. The van der Waals surface area contributed by atoms with Gasteiger partial charge in [-0.05, 0) is 20.8 Å². The zero-order chi connectivity index (χ0) is 11.1. The van der Waals surface area contributed by atoms with Crippen LogP contribution in [0.25, 0.3) is 0 Å². The summed E-state index contributed by atoms with van der Waals surface area (Å²) in [5, 5.41) is 0. The minimum atomic E-state index is -5.42. The molecule has 0 aliphatic rings. The second-order valence-corrected chi connectivity index (χ2v) is 3.75. The lowest BCUT2D eigenvalue weighted by Gasteiger charge is -2.30. The molecule has 0 fully saturated rings. The number of hydrogen-bond acceptors (Lipinski definition) is 3. The van der Waals surface area contributed by atoms with Crippen molar-refractivity contribution in [2.24, 2.45) is 0 Å². The normalized spacial score (nSPS) is 11.8. The molecule has 13 heavy (non-hydrogen) atoms. The Morgan fingerprint density at radius 3 is 1.31 bits per heavy atom. The Bertz CT molecular complexity index is 196. The van der Waals surface area contributed by atoms with E-state index in [4.69, 9.17) is 13.0 Å². The molecule has 6 heteroatoms. The maximum atomic E-state index is 10.1. The van der Waals surface area contributed by atoms with Gasteiger partial charge in [-0.1, -0.05) is 0 Å². The van der Waals surface area contributed by atoms with Gasteiger partial charge >= 0.3 is 0 Å². The minimum absolute atomic E-state index is 1.21. The van der Waals surface area contributed by atoms with E-state index >= 15 is 0 Å². The van der Waals surface area contributed by atoms with Crippen LogP contribution < -0.4 is 0 Å². The third kappa shape index (κ3) is 14.6. The molecule has 0 radical (unpaired) electrons. The Labute approximate surface area is 80.0 Å². The van der Waals surface area contributed by atoms with Gasteiger partial charge in [-0.15, -0.1) is 3.89 Å². The van der Waals surface area contributed by atoms with Crippen LogP contribution in [0.4, 0.5) is 3.89 Å². The first-order valence-electron chi connectivity index (χ1n) is 4.17. The lowest BCUT2D eigenvalue weighted by Crippen LogP contribution is -2.42. The van der Waals surface area contributed by atoms with Crippen LogP contribution in [0.15, 0.2) is 0 Å². The molecule has 0 spiro atoms. The van der Waals surface area contributed by atoms with E-state index in [1.807, 2.05) is 0 Å². The summed E-state index contributed by atoms with van der Waals surface area (Å²) >= 11 is 0. The van der Waals surface area contributed by atoms with Crippen LogP contribution in [0.3, 0.4) is 0 Å². The third-order valence-electron chi connectivity index (χ3n) is 2.29. The third-order valence-corrected chi connectivity index (χ3v) is 2.29. The van der Waals surface area contributed by atoms with Crippen molar-refractivity contribution >= 4 is 10.5 Å². The summed E-state index contributed by atoms with van der Waals surface area (Å²) in [6, 6.07) is 0. The first-order valence-corrected chi connectivity index (χ1v) is 5.48. The van der Waals surface area contributed by atoms with Crippen LogP contribution in [0.5, 0.6) is 0 Å². The molecule has 0 unspecified atom stereocenters. The first-order chi connectivity index (χ1) is 5.68. The van der Waals surface area contributed by atoms with Gasteiger partial charge in [-0.3, -0.25) is 0 Å². The zero-order valence-corrected chi connectivity index (χ0v) is 9.40. The number of halogens is 1. The summed E-state index contributed by atoms with van der Waals surface area (Å²) in [6.45, 7) is 10.5. The number of nitrogens with zero attached hydrogens (tertiary/aromatic N) is 1. The largest absolute Gasteiger partial charge is 0.722 e. The van der Waals surface area contributed by atoms with Crippen LogP contribution in [0.2, 0.25) is 0 Å². The topological polar surface area (TPSA) is 57.2 Å². The SMILES string of the molecule is CC[N+](C)(CC)CC.O=S(=O)([O-])F. The van der Waals surface area contributed by atoms with Crippen molar-refractivity contribution in [3.8, 4) is 0 Å². The molecule has 0 N–H and O–H groups in total. The van der Waals surface area contributed by atoms with Crippen LogP contribution in [-0.2, 0) is 10.5 Å². The van der Waals surface area contributed by atoms with Gasteiger partial charge in [0.05, 0.1) is 26.7 Å². The Kier molecular flexibility index (Phi) is 7.39. The smallest absolute Gasteiger partial charge is 0.255 e. The highest BCUT2D eigenvalue weighted by Crippen LogP contribution is 1.97. The maximum absolute atomic E-state index is 10.1. The van der Waals surface area contributed by atoms with E-state index in [-0.39, 0.29) is 0 Å². The zero-order valence-electron chi connectivity index (χ0n) is 8.58. The van der Waals surface area contributed by atoms with E-state index < -0.39 is 10.5 Å². The Morgan fingerprint density at radius 2 is 1.31 bits per heavy atom. The molecular formula is C7H18FNO3S.